The molecule has 0 aliphatic carbocycles. The fourth-order valence-corrected chi connectivity index (χ4v) is 6.97. The second kappa shape index (κ2) is 8.18. The average Bonchev–Trinajstić information content (AvgIpc) is 3.49. The molecule has 0 N–H and O–H groups in total. The smallest absolute Gasteiger partial charge is 0.293 e. The minimum Gasteiger partial charge on any atom is -0.355 e. The first-order valence-corrected chi connectivity index (χ1v) is 12.6. The molecule has 33 heavy (non-hydrogen) atoms. The monoisotopic (exact) mass is 462 g/mol. The maximum Gasteiger partial charge on any atom is 0.293 e. The van der Waals surface area contributed by atoms with Gasteiger partial charge in [-0.1, -0.05) is 6.92 Å². The van der Waals surface area contributed by atoms with Gasteiger partial charge in [0.25, 0.3) is 7.41 Å². The van der Waals surface area contributed by atoms with E-state index in [1.54, 1.807) is 25.1 Å². The molecule has 0 unspecified atom stereocenters. The summed E-state index contributed by atoms with van der Waals surface area (Å²) in [6.07, 6.45) is 9.03. The van der Waals surface area contributed by atoms with Crippen LogP contribution in [0.2, 0.25) is 0 Å². The Hall–Kier alpha value is -2.30. The van der Waals surface area contributed by atoms with Crippen molar-refractivity contribution in [3.05, 3.63) is 35.2 Å². The van der Waals surface area contributed by atoms with Gasteiger partial charge in [-0.3, -0.25) is 9.58 Å². The molecule has 6 heterocycles. The molecule has 0 aromatic carbocycles. The number of aromatic nitrogens is 4. The van der Waals surface area contributed by atoms with Crippen molar-refractivity contribution < 1.29 is 4.79 Å². The van der Waals surface area contributed by atoms with Crippen LogP contribution in [0.1, 0.15) is 29.8 Å². The van der Waals surface area contributed by atoms with Gasteiger partial charge in [0.2, 0.25) is 0 Å². The van der Waals surface area contributed by atoms with E-state index in [4.69, 9.17) is 4.98 Å². The van der Waals surface area contributed by atoms with Crippen molar-refractivity contribution in [3.8, 4) is 0 Å². The molecular formula is C23H29BN7OS. The minimum absolute atomic E-state index is 0.333. The highest BCUT2D eigenvalue weighted by atomic mass is 32.1. The fourth-order valence-electron chi connectivity index (χ4n) is 6.04. The first-order valence-electron chi connectivity index (χ1n) is 11.8. The summed E-state index contributed by atoms with van der Waals surface area (Å²) in [7, 11) is 3.65. The van der Waals surface area contributed by atoms with Crippen molar-refractivity contribution >= 4 is 41.0 Å². The lowest BCUT2D eigenvalue weighted by Crippen LogP contribution is -2.63. The molecule has 3 aliphatic rings. The van der Waals surface area contributed by atoms with Crippen LogP contribution >= 0.6 is 11.3 Å². The third-order valence-electron chi connectivity index (χ3n) is 7.64. The number of carbonyl (C=O) groups is 1. The Balaban J connectivity index is 1.17. The quantitative estimate of drug-likeness (QED) is 0.393. The van der Waals surface area contributed by atoms with Gasteiger partial charge in [0.1, 0.15) is 17.0 Å². The molecule has 10 heteroatoms. The molecule has 8 nitrogen and oxygen atoms in total. The Morgan fingerprint density at radius 1 is 1.30 bits per heavy atom. The van der Waals surface area contributed by atoms with Crippen LogP contribution in [0.3, 0.4) is 0 Å². The number of fused-ring (bicyclic) bond motifs is 1. The summed E-state index contributed by atoms with van der Waals surface area (Å²) in [6, 6.07) is 2.65. The van der Waals surface area contributed by atoms with Crippen LogP contribution in [0.25, 0.3) is 10.2 Å². The Kier molecular flexibility index (Phi) is 5.27. The molecule has 3 fully saturated rings. The van der Waals surface area contributed by atoms with Crippen LogP contribution < -0.4 is 4.90 Å². The van der Waals surface area contributed by atoms with Crippen LogP contribution in [0.4, 0.5) is 5.82 Å². The average molecular weight is 462 g/mol. The lowest BCUT2D eigenvalue weighted by molar-refractivity contribution is -0.0558. The molecular weight excluding hydrogens is 433 g/mol. The van der Waals surface area contributed by atoms with Crippen molar-refractivity contribution in [3.63, 3.8) is 0 Å². The molecule has 171 valence electrons. The Labute approximate surface area is 198 Å². The van der Waals surface area contributed by atoms with Crippen LogP contribution in [0, 0.1) is 11.3 Å². The van der Waals surface area contributed by atoms with Crippen LogP contribution in [0.15, 0.2) is 24.8 Å². The van der Waals surface area contributed by atoms with Crippen molar-refractivity contribution in [2.75, 3.05) is 44.2 Å². The highest BCUT2D eigenvalue weighted by molar-refractivity contribution is 7.18. The molecule has 0 amide bonds. The maximum absolute atomic E-state index is 10.8. The zero-order valence-electron chi connectivity index (χ0n) is 19.2. The number of likely N-dealkylation sites (tertiary alicyclic amines) is 1. The largest absolute Gasteiger partial charge is 0.355 e. The molecule has 1 radical (unpaired) electrons. The van der Waals surface area contributed by atoms with Crippen LogP contribution in [0.5, 0.6) is 0 Å². The van der Waals surface area contributed by atoms with Crippen molar-refractivity contribution in [2.24, 2.45) is 18.4 Å². The Bertz CT molecular complexity index is 1170. The predicted molar refractivity (Wildman–Crippen MR) is 131 cm³/mol. The molecule has 3 aromatic rings. The predicted octanol–water partition coefficient (Wildman–Crippen LogP) is 1.98. The highest BCUT2D eigenvalue weighted by Crippen LogP contribution is 2.48. The topological polar surface area (TPSA) is 70.4 Å². The summed E-state index contributed by atoms with van der Waals surface area (Å²) >= 11 is 1.79. The van der Waals surface area contributed by atoms with E-state index >= 15 is 0 Å². The van der Waals surface area contributed by atoms with Gasteiger partial charge in [-0.05, 0) is 32.0 Å². The van der Waals surface area contributed by atoms with E-state index in [-0.39, 0.29) is 0 Å². The summed E-state index contributed by atoms with van der Waals surface area (Å²) in [5, 5.41) is 5.65. The zero-order chi connectivity index (χ0) is 22.6. The van der Waals surface area contributed by atoms with Gasteiger partial charge in [-0.2, -0.15) is 5.10 Å². The number of hydrogen-bond acceptors (Lipinski definition) is 8. The van der Waals surface area contributed by atoms with Gasteiger partial charge in [0.15, 0.2) is 0 Å². The number of aryl methyl sites for hydroxylation is 2. The molecule has 3 saturated heterocycles. The van der Waals surface area contributed by atoms with Crippen LogP contribution in [-0.4, -0.2) is 82.3 Å². The molecule has 3 aliphatic heterocycles. The molecule has 3 aromatic heterocycles. The zero-order valence-corrected chi connectivity index (χ0v) is 20.0. The van der Waals surface area contributed by atoms with E-state index in [0.717, 1.165) is 62.5 Å². The number of nitrogens with zero attached hydrogens (tertiary/aromatic N) is 7. The van der Waals surface area contributed by atoms with E-state index < -0.39 is 0 Å². The summed E-state index contributed by atoms with van der Waals surface area (Å²) in [5.41, 5.74) is 1.63. The molecule has 0 saturated carbocycles. The van der Waals surface area contributed by atoms with E-state index in [2.05, 4.69) is 43.9 Å². The van der Waals surface area contributed by atoms with Crippen LogP contribution in [-0.2, 0) is 18.3 Å². The molecule has 6 rings (SSSR count). The van der Waals surface area contributed by atoms with Crippen molar-refractivity contribution in [2.45, 2.75) is 25.8 Å². The Morgan fingerprint density at radius 3 is 2.88 bits per heavy atom. The van der Waals surface area contributed by atoms with E-state index in [1.165, 1.54) is 22.2 Å². The number of carbonyl (C=O) groups excluding carboxylic acids is 1. The fraction of sp³-hybridized carbons (Fsp3) is 0.565. The molecule has 0 bridgehead atoms. The first-order chi connectivity index (χ1) is 16.1. The van der Waals surface area contributed by atoms with Gasteiger partial charge in [-0.15, -0.1) is 11.3 Å². The SMILES string of the molecule is CCc1cc2c(N3CCC4(C3)CN([C@@H](c3cnn(C)c3)C3CN([B]C=O)C3)C4)ncnc2s1. The Morgan fingerprint density at radius 2 is 2.15 bits per heavy atom. The van der Waals surface area contributed by atoms with E-state index in [1.807, 2.05) is 17.9 Å². The van der Waals surface area contributed by atoms with Crippen molar-refractivity contribution in [1.29, 1.82) is 0 Å². The summed E-state index contributed by atoms with van der Waals surface area (Å²) < 4.78 is 1.90. The van der Waals surface area contributed by atoms with Gasteiger partial charge >= 0.3 is 0 Å². The lowest BCUT2D eigenvalue weighted by atomic mass is 9.73. The first kappa shape index (κ1) is 21.3. The minimum atomic E-state index is 0.333. The highest BCUT2D eigenvalue weighted by Gasteiger charge is 2.52. The number of thiophene rings is 1. The number of hydrogen-bond donors (Lipinski definition) is 0. The standard InChI is InChI=1S/C23H29BN7OS/c1-3-18-6-19-21(25-15-26-22(19)33-18)29-5-4-23(11-29)12-30(13-23)20(16-7-27-28(2)8-16)17-9-31(10-17)24-14-32/h6-8,14-15,17,20H,3-5,9-13H2,1-2H3/t20-/m0/s1. The number of rotatable bonds is 7. The van der Waals surface area contributed by atoms with Gasteiger partial charge in [-0.25, -0.2) is 9.97 Å². The van der Waals surface area contributed by atoms with Gasteiger partial charge in [0.05, 0.1) is 17.8 Å². The van der Waals surface area contributed by atoms with E-state index in [9.17, 15) is 4.79 Å². The third kappa shape index (κ3) is 3.68. The van der Waals surface area contributed by atoms with Crippen molar-refractivity contribution in [1.82, 2.24) is 29.5 Å². The lowest BCUT2D eigenvalue weighted by Gasteiger charge is -2.56. The summed E-state index contributed by atoms with van der Waals surface area (Å²) in [6.45, 7) is 8.39. The second-order valence-corrected chi connectivity index (χ2v) is 11.1. The third-order valence-corrected chi connectivity index (χ3v) is 8.83. The summed E-state index contributed by atoms with van der Waals surface area (Å²) in [5.74, 6) is 1.63. The number of anilines is 1. The summed E-state index contributed by atoms with van der Waals surface area (Å²) in [4.78, 5) is 29.8. The maximum atomic E-state index is 10.8. The van der Waals surface area contributed by atoms with Gasteiger partial charge < -0.3 is 14.5 Å². The van der Waals surface area contributed by atoms with Gasteiger partial charge in [0, 0.05) is 67.2 Å². The molecule has 1 atom stereocenters. The normalized spacial score (nSPS) is 21.9. The molecule has 1 spiro atoms. The second-order valence-electron chi connectivity index (χ2n) is 9.95. The van der Waals surface area contributed by atoms with E-state index in [0.29, 0.717) is 17.4 Å².